The Labute approximate surface area is 126 Å². The van der Waals surface area contributed by atoms with Gasteiger partial charge in [0.1, 0.15) is 17.7 Å². The van der Waals surface area contributed by atoms with E-state index in [1.807, 2.05) is 0 Å². The fourth-order valence-corrected chi connectivity index (χ4v) is 3.80. The number of carbonyl (C=O) groups is 2. The molecular formula is C16H17F2NO3. The number of nitrogens with zero attached hydrogens (tertiary/aromatic N) is 1. The summed E-state index contributed by atoms with van der Waals surface area (Å²) in [4.78, 5) is 25.5. The molecule has 0 spiro atoms. The third-order valence-corrected chi connectivity index (χ3v) is 4.72. The molecule has 1 aromatic rings. The maximum atomic E-state index is 13.3. The maximum Gasteiger partial charge on any atom is 0.326 e. The predicted molar refractivity (Wildman–Crippen MR) is 74.3 cm³/mol. The molecule has 1 saturated carbocycles. The Morgan fingerprint density at radius 3 is 2.36 bits per heavy atom. The average molecular weight is 309 g/mol. The Bertz CT molecular complexity index is 599. The van der Waals surface area contributed by atoms with Crippen LogP contribution in [0.15, 0.2) is 18.2 Å². The lowest BCUT2D eigenvalue weighted by atomic mass is 9.84. The molecule has 2 aliphatic rings. The minimum atomic E-state index is -1.06. The zero-order valence-electron chi connectivity index (χ0n) is 12.0. The maximum absolute atomic E-state index is 13.3. The second kappa shape index (κ2) is 5.66. The average Bonchev–Trinajstić information content (AvgIpc) is 2.85. The van der Waals surface area contributed by atoms with Crippen LogP contribution in [0.25, 0.3) is 0 Å². The zero-order valence-corrected chi connectivity index (χ0v) is 12.0. The highest BCUT2D eigenvalue weighted by atomic mass is 19.1. The number of fused-ring (bicyclic) bond motifs is 1. The molecule has 1 N–H and O–H groups in total. The van der Waals surface area contributed by atoms with Crippen LogP contribution in [-0.4, -0.2) is 34.0 Å². The smallest absolute Gasteiger partial charge is 0.326 e. The van der Waals surface area contributed by atoms with Gasteiger partial charge < -0.3 is 10.0 Å². The van der Waals surface area contributed by atoms with Crippen molar-refractivity contribution in [1.82, 2.24) is 4.90 Å². The third kappa shape index (κ3) is 2.58. The zero-order chi connectivity index (χ0) is 15.9. The Balaban J connectivity index is 1.95. The van der Waals surface area contributed by atoms with Crippen molar-refractivity contribution in [2.24, 2.45) is 5.92 Å². The molecule has 3 rings (SSSR count). The molecule has 0 aromatic heterocycles. The first-order valence-corrected chi connectivity index (χ1v) is 7.49. The van der Waals surface area contributed by atoms with Crippen molar-refractivity contribution < 1.29 is 23.5 Å². The monoisotopic (exact) mass is 309 g/mol. The quantitative estimate of drug-likeness (QED) is 0.914. The van der Waals surface area contributed by atoms with E-state index in [1.165, 1.54) is 4.90 Å². The van der Waals surface area contributed by atoms with E-state index in [0.29, 0.717) is 12.5 Å². The number of carboxylic acid groups (broad SMARTS) is 1. The van der Waals surface area contributed by atoms with Crippen molar-refractivity contribution in [2.45, 2.75) is 44.2 Å². The SMILES string of the molecule is O=C(O)C1CC2CCCCC2N1C(=O)c1cc(F)cc(F)c1. The minimum absolute atomic E-state index is 0.130. The summed E-state index contributed by atoms with van der Waals surface area (Å²) in [7, 11) is 0. The van der Waals surface area contributed by atoms with E-state index in [9.17, 15) is 23.5 Å². The summed E-state index contributed by atoms with van der Waals surface area (Å²) < 4.78 is 26.7. The first-order chi connectivity index (χ1) is 10.5. The van der Waals surface area contributed by atoms with Gasteiger partial charge in [-0.05, 0) is 37.3 Å². The number of likely N-dealkylation sites (tertiary alicyclic amines) is 1. The first-order valence-electron chi connectivity index (χ1n) is 7.49. The lowest BCUT2D eigenvalue weighted by molar-refractivity contribution is -0.141. The summed E-state index contributed by atoms with van der Waals surface area (Å²) in [6.45, 7) is 0. The lowest BCUT2D eigenvalue weighted by Gasteiger charge is -2.33. The van der Waals surface area contributed by atoms with Crippen LogP contribution in [-0.2, 0) is 4.79 Å². The van der Waals surface area contributed by atoms with Crippen LogP contribution in [0, 0.1) is 17.6 Å². The van der Waals surface area contributed by atoms with E-state index >= 15 is 0 Å². The van der Waals surface area contributed by atoms with Crippen molar-refractivity contribution >= 4 is 11.9 Å². The highest BCUT2D eigenvalue weighted by molar-refractivity contribution is 5.97. The van der Waals surface area contributed by atoms with Crippen LogP contribution in [0.2, 0.25) is 0 Å². The summed E-state index contributed by atoms with van der Waals surface area (Å²) >= 11 is 0. The second-order valence-electron chi connectivity index (χ2n) is 6.07. The van der Waals surface area contributed by atoms with Gasteiger partial charge in [0.15, 0.2) is 0 Å². The van der Waals surface area contributed by atoms with Gasteiger partial charge in [0.2, 0.25) is 0 Å². The Morgan fingerprint density at radius 1 is 1.09 bits per heavy atom. The Morgan fingerprint density at radius 2 is 1.73 bits per heavy atom. The van der Waals surface area contributed by atoms with E-state index in [2.05, 4.69) is 0 Å². The normalized spacial score (nSPS) is 27.5. The fraction of sp³-hybridized carbons (Fsp3) is 0.500. The summed E-state index contributed by atoms with van der Waals surface area (Å²) in [5, 5.41) is 9.39. The van der Waals surface area contributed by atoms with E-state index in [1.54, 1.807) is 0 Å². The molecule has 1 heterocycles. The topological polar surface area (TPSA) is 57.6 Å². The summed E-state index contributed by atoms with van der Waals surface area (Å²) in [5.41, 5.74) is -0.130. The standard InChI is InChI=1S/C16H17F2NO3/c17-11-5-10(6-12(18)8-11)15(20)19-13-4-2-1-3-9(13)7-14(19)16(21)22/h5-6,8-9,13-14H,1-4,7H2,(H,21,22). The molecule has 22 heavy (non-hydrogen) atoms. The van der Waals surface area contributed by atoms with Crippen LogP contribution in [0.5, 0.6) is 0 Å². The Hall–Kier alpha value is -1.98. The van der Waals surface area contributed by atoms with Gasteiger partial charge in [-0.15, -0.1) is 0 Å². The number of rotatable bonds is 2. The van der Waals surface area contributed by atoms with Gasteiger partial charge in [-0.2, -0.15) is 0 Å². The molecule has 1 aliphatic heterocycles. The van der Waals surface area contributed by atoms with Crippen LogP contribution in [0.3, 0.4) is 0 Å². The van der Waals surface area contributed by atoms with Crippen molar-refractivity contribution in [3.63, 3.8) is 0 Å². The van der Waals surface area contributed by atoms with E-state index in [0.717, 1.165) is 37.8 Å². The molecule has 3 atom stereocenters. The molecular weight excluding hydrogens is 292 g/mol. The minimum Gasteiger partial charge on any atom is -0.480 e. The second-order valence-corrected chi connectivity index (χ2v) is 6.07. The van der Waals surface area contributed by atoms with Gasteiger partial charge in [-0.25, -0.2) is 13.6 Å². The largest absolute Gasteiger partial charge is 0.480 e. The van der Waals surface area contributed by atoms with Gasteiger partial charge in [0.25, 0.3) is 5.91 Å². The number of amides is 1. The number of hydrogen-bond donors (Lipinski definition) is 1. The van der Waals surface area contributed by atoms with E-state index in [-0.39, 0.29) is 17.5 Å². The first kappa shape index (κ1) is 14.9. The van der Waals surface area contributed by atoms with Crippen molar-refractivity contribution in [1.29, 1.82) is 0 Å². The number of benzene rings is 1. The number of carboxylic acids is 1. The summed E-state index contributed by atoms with van der Waals surface area (Å²) in [5.74, 6) is -3.17. The number of aliphatic carboxylic acids is 1. The number of carbonyl (C=O) groups excluding carboxylic acids is 1. The van der Waals surface area contributed by atoms with Crippen molar-refractivity contribution in [2.75, 3.05) is 0 Å². The molecule has 6 heteroatoms. The van der Waals surface area contributed by atoms with Gasteiger partial charge >= 0.3 is 5.97 Å². The van der Waals surface area contributed by atoms with Crippen LogP contribution in [0.1, 0.15) is 42.5 Å². The van der Waals surface area contributed by atoms with Crippen LogP contribution in [0.4, 0.5) is 8.78 Å². The van der Waals surface area contributed by atoms with Crippen molar-refractivity contribution in [3.05, 3.63) is 35.4 Å². The van der Waals surface area contributed by atoms with Crippen LogP contribution >= 0.6 is 0 Å². The fourth-order valence-electron chi connectivity index (χ4n) is 3.80. The van der Waals surface area contributed by atoms with Gasteiger partial charge in [-0.1, -0.05) is 12.8 Å². The number of hydrogen-bond acceptors (Lipinski definition) is 2. The van der Waals surface area contributed by atoms with Gasteiger partial charge in [0, 0.05) is 17.7 Å². The van der Waals surface area contributed by atoms with E-state index < -0.39 is 29.6 Å². The summed E-state index contributed by atoms with van der Waals surface area (Å²) in [6, 6.07) is 1.56. The Kier molecular flexibility index (Phi) is 3.85. The molecule has 118 valence electrons. The highest BCUT2D eigenvalue weighted by Crippen LogP contribution is 2.40. The third-order valence-electron chi connectivity index (χ3n) is 4.72. The van der Waals surface area contributed by atoms with Gasteiger partial charge in [0.05, 0.1) is 0 Å². The van der Waals surface area contributed by atoms with Crippen molar-refractivity contribution in [3.8, 4) is 0 Å². The summed E-state index contributed by atoms with van der Waals surface area (Å²) in [6.07, 6.45) is 4.04. The molecule has 4 nitrogen and oxygen atoms in total. The van der Waals surface area contributed by atoms with E-state index in [4.69, 9.17) is 0 Å². The van der Waals surface area contributed by atoms with Gasteiger partial charge in [-0.3, -0.25) is 4.79 Å². The highest BCUT2D eigenvalue weighted by Gasteiger charge is 2.47. The lowest BCUT2D eigenvalue weighted by Crippen LogP contribution is -2.46. The molecule has 1 saturated heterocycles. The molecule has 1 amide bonds. The molecule has 0 bridgehead atoms. The molecule has 3 unspecified atom stereocenters. The molecule has 1 aliphatic carbocycles. The number of halogens is 2. The molecule has 1 aromatic carbocycles. The van der Waals surface area contributed by atoms with Crippen LogP contribution < -0.4 is 0 Å². The molecule has 0 radical (unpaired) electrons. The predicted octanol–water partition coefficient (Wildman–Crippen LogP) is 2.82. The molecule has 2 fully saturated rings.